The Kier molecular flexibility index (Phi) is 5.51. The smallest absolute Gasteiger partial charge is 0.243 e. The number of halogens is 1. The third kappa shape index (κ3) is 4.63. The largest absolute Gasteiger partial charge is 0.396 e. The molecule has 0 atom stereocenters. The Morgan fingerprint density at radius 1 is 1.29 bits per heavy atom. The van der Waals surface area contributed by atoms with E-state index in [-0.39, 0.29) is 18.0 Å². The summed E-state index contributed by atoms with van der Waals surface area (Å²) in [6.45, 7) is 0.750. The van der Waals surface area contributed by atoms with Crippen molar-refractivity contribution in [2.45, 2.75) is 24.4 Å². The van der Waals surface area contributed by atoms with E-state index in [1.807, 2.05) is 24.3 Å². The van der Waals surface area contributed by atoms with Gasteiger partial charge in [-0.25, -0.2) is 13.1 Å². The van der Waals surface area contributed by atoms with Gasteiger partial charge in [0, 0.05) is 30.4 Å². The molecule has 2 aromatic rings. The van der Waals surface area contributed by atoms with Crippen LogP contribution in [-0.4, -0.2) is 29.9 Å². The minimum absolute atomic E-state index is 0.0454. The molecule has 0 aliphatic carbocycles. The lowest BCUT2D eigenvalue weighted by Crippen LogP contribution is -2.22. The van der Waals surface area contributed by atoms with Crippen LogP contribution in [0.5, 0.6) is 0 Å². The molecule has 2 N–H and O–H groups in total. The third-order valence-electron chi connectivity index (χ3n) is 2.84. The molecular weight excluding hydrogens is 358 g/mol. The number of hydrogen-bond donors (Lipinski definition) is 2. The van der Waals surface area contributed by atoms with Crippen LogP contribution in [0.15, 0.2) is 46.0 Å². The van der Waals surface area contributed by atoms with E-state index < -0.39 is 10.0 Å². The van der Waals surface area contributed by atoms with E-state index in [0.717, 1.165) is 10.0 Å². The average Bonchev–Trinajstić information content (AvgIpc) is 2.94. The van der Waals surface area contributed by atoms with Gasteiger partial charge in [0.1, 0.15) is 4.90 Å². The van der Waals surface area contributed by atoms with Gasteiger partial charge in [-0.3, -0.25) is 4.68 Å². The number of nitrogens with one attached hydrogen (secondary N) is 1. The number of nitrogens with zero attached hydrogens (tertiary/aromatic N) is 2. The van der Waals surface area contributed by atoms with Crippen LogP contribution in [0.4, 0.5) is 0 Å². The molecule has 0 fully saturated rings. The summed E-state index contributed by atoms with van der Waals surface area (Å²) in [5.41, 5.74) is 0.870. The van der Waals surface area contributed by atoms with Crippen molar-refractivity contribution in [3.8, 4) is 0 Å². The zero-order chi connectivity index (χ0) is 15.3. The second-order valence-electron chi connectivity index (χ2n) is 4.47. The van der Waals surface area contributed by atoms with Crippen LogP contribution >= 0.6 is 15.9 Å². The van der Waals surface area contributed by atoms with Gasteiger partial charge >= 0.3 is 0 Å². The zero-order valence-electron chi connectivity index (χ0n) is 11.2. The van der Waals surface area contributed by atoms with E-state index in [9.17, 15) is 8.42 Å². The Morgan fingerprint density at radius 2 is 2.00 bits per heavy atom. The first-order valence-electron chi connectivity index (χ1n) is 6.39. The molecule has 0 radical (unpaired) electrons. The Morgan fingerprint density at radius 3 is 2.67 bits per heavy atom. The van der Waals surface area contributed by atoms with Gasteiger partial charge < -0.3 is 5.11 Å². The molecule has 1 heterocycles. The summed E-state index contributed by atoms with van der Waals surface area (Å²) in [5, 5.41) is 12.7. The third-order valence-corrected chi connectivity index (χ3v) is 4.73. The number of aryl methyl sites for hydroxylation is 1. The van der Waals surface area contributed by atoms with Crippen LogP contribution in [0.25, 0.3) is 0 Å². The van der Waals surface area contributed by atoms with Gasteiger partial charge in [-0.05, 0) is 24.1 Å². The molecule has 0 aliphatic rings. The van der Waals surface area contributed by atoms with Gasteiger partial charge in [-0.15, -0.1) is 0 Å². The molecule has 2 rings (SSSR count). The number of sulfonamides is 1. The van der Waals surface area contributed by atoms with Crippen molar-refractivity contribution >= 4 is 26.0 Å². The molecule has 0 saturated carbocycles. The number of rotatable bonds is 7. The lowest BCUT2D eigenvalue weighted by Gasteiger charge is -2.05. The SMILES string of the molecule is O=S(=O)(NCc1ccc(Br)cc1)c1cnn(CCCO)c1. The van der Waals surface area contributed by atoms with Gasteiger partial charge in [0.15, 0.2) is 0 Å². The normalized spacial score (nSPS) is 11.7. The van der Waals surface area contributed by atoms with Crippen LogP contribution in [0.3, 0.4) is 0 Å². The standard InChI is InChI=1S/C13H16BrN3O3S/c14-12-4-2-11(3-5-12)8-16-21(19,20)13-9-15-17(10-13)6-1-7-18/h2-5,9-10,16,18H,1,6-8H2. The fraction of sp³-hybridized carbons (Fsp3) is 0.308. The van der Waals surface area contributed by atoms with E-state index in [4.69, 9.17) is 5.11 Å². The van der Waals surface area contributed by atoms with E-state index >= 15 is 0 Å². The van der Waals surface area contributed by atoms with Gasteiger partial charge in [0.05, 0.1) is 6.20 Å². The fourth-order valence-electron chi connectivity index (χ4n) is 1.70. The lowest BCUT2D eigenvalue weighted by atomic mass is 10.2. The summed E-state index contributed by atoms with van der Waals surface area (Å²) in [4.78, 5) is 0.123. The first kappa shape index (κ1) is 16.2. The average molecular weight is 374 g/mol. The number of aliphatic hydroxyl groups is 1. The van der Waals surface area contributed by atoms with E-state index in [2.05, 4.69) is 25.8 Å². The molecule has 1 aromatic carbocycles. The van der Waals surface area contributed by atoms with Crippen molar-refractivity contribution in [1.82, 2.24) is 14.5 Å². The topological polar surface area (TPSA) is 84.2 Å². The van der Waals surface area contributed by atoms with Crippen molar-refractivity contribution in [2.24, 2.45) is 0 Å². The lowest BCUT2D eigenvalue weighted by molar-refractivity contribution is 0.277. The summed E-state index contributed by atoms with van der Waals surface area (Å²) in [5.74, 6) is 0. The number of aliphatic hydroxyl groups excluding tert-OH is 1. The molecule has 0 unspecified atom stereocenters. The zero-order valence-corrected chi connectivity index (χ0v) is 13.6. The minimum atomic E-state index is -3.58. The summed E-state index contributed by atoms with van der Waals surface area (Å²) in [6.07, 6.45) is 3.30. The van der Waals surface area contributed by atoms with Crippen LogP contribution in [0.1, 0.15) is 12.0 Å². The molecule has 1 aromatic heterocycles. The summed E-state index contributed by atoms with van der Waals surface area (Å²) < 4.78 is 29.3. The van der Waals surface area contributed by atoms with Crippen LogP contribution in [-0.2, 0) is 23.1 Å². The first-order chi connectivity index (χ1) is 10.0. The highest BCUT2D eigenvalue weighted by molar-refractivity contribution is 9.10. The van der Waals surface area contributed by atoms with Gasteiger partial charge in [0.2, 0.25) is 10.0 Å². The van der Waals surface area contributed by atoms with Crippen molar-refractivity contribution in [2.75, 3.05) is 6.61 Å². The maximum Gasteiger partial charge on any atom is 0.243 e. The summed E-state index contributed by atoms with van der Waals surface area (Å²) in [7, 11) is -3.58. The van der Waals surface area contributed by atoms with E-state index in [1.165, 1.54) is 17.1 Å². The van der Waals surface area contributed by atoms with Crippen molar-refractivity contribution < 1.29 is 13.5 Å². The minimum Gasteiger partial charge on any atom is -0.396 e. The van der Waals surface area contributed by atoms with Crippen LogP contribution in [0.2, 0.25) is 0 Å². The predicted octanol–water partition coefficient (Wildman–Crippen LogP) is 1.51. The van der Waals surface area contributed by atoms with Crippen LogP contribution < -0.4 is 4.72 Å². The number of benzene rings is 1. The molecule has 21 heavy (non-hydrogen) atoms. The molecule has 0 saturated heterocycles. The summed E-state index contributed by atoms with van der Waals surface area (Å²) >= 11 is 3.33. The second-order valence-corrected chi connectivity index (χ2v) is 7.15. The van der Waals surface area contributed by atoms with E-state index in [0.29, 0.717) is 13.0 Å². The molecule has 114 valence electrons. The second kappa shape index (κ2) is 7.17. The Labute approximate surface area is 132 Å². The maximum absolute atomic E-state index is 12.1. The fourth-order valence-corrected chi connectivity index (χ4v) is 2.94. The van der Waals surface area contributed by atoms with Gasteiger partial charge in [-0.1, -0.05) is 28.1 Å². The predicted molar refractivity (Wildman–Crippen MR) is 82.1 cm³/mol. The summed E-state index contributed by atoms with van der Waals surface area (Å²) in [6, 6.07) is 7.40. The molecular formula is C13H16BrN3O3S. The number of hydrogen-bond acceptors (Lipinski definition) is 4. The Balaban J connectivity index is 2.00. The Bertz CT molecular complexity index is 683. The highest BCUT2D eigenvalue weighted by Crippen LogP contribution is 2.12. The number of aromatic nitrogens is 2. The molecule has 0 amide bonds. The van der Waals surface area contributed by atoms with E-state index in [1.54, 1.807) is 0 Å². The molecule has 8 heteroatoms. The van der Waals surface area contributed by atoms with Crippen molar-refractivity contribution in [1.29, 1.82) is 0 Å². The molecule has 0 spiro atoms. The van der Waals surface area contributed by atoms with Crippen molar-refractivity contribution in [3.05, 3.63) is 46.7 Å². The molecule has 0 aliphatic heterocycles. The van der Waals surface area contributed by atoms with Gasteiger partial charge in [0.25, 0.3) is 0 Å². The quantitative estimate of drug-likeness (QED) is 0.770. The molecule has 6 nitrogen and oxygen atoms in total. The maximum atomic E-state index is 12.1. The van der Waals surface area contributed by atoms with Gasteiger partial charge in [-0.2, -0.15) is 5.10 Å². The van der Waals surface area contributed by atoms with Crippen molar-refractivity contribution in [3.63, 3.8) is 0 Å². The first-order valence-corrected chi connectivity index (χ1v) is 8.66. The monoisotopic (exact) mass is 373 g/mol. The highest BCUT2D eigenvalue weighted by Gasteiger charge is 2.16. The Hall–Kier alpha value is -1.22. The highest BCUT2D eigenvalue weighted by atomic mass is 79.9. The molecule has 0 bridgehead atoms. The van der Waals surface area contributed by atoms with Crippen LogP contribution in [0, 0.1) is 0 Å².